The van der Waals surface area contributed by atoms with Crippen molar-refractivity contribution in [2.24, 2.45) is 0 Å². The summed E-state index contributed by atoms with van der Waals surface area (Å²) < 4.78 is 8.95. The largest absolute Gasteiger partial charge is 0.466 e. The molecule has 5 heteroatoms. The fourth-order valence-electron chi connectivity index (χ4n) is 0.550. The van der Waals surface area contributed by atoms with Crippen LogP contribution in [0, 0.1) is 0 Å². The van der Waals surface area contributed by atoms with Crippen LogP contribution in [0.3, 0.4) is 0 Å². The van der Waals surface area contributed by atoms with Gasteiger partial charge in [0.1, 0.15) is 0 Å². The van der Waals surface area contributed by atoms with E-state index in [1.807, 2.05) is 6.92 Å². The number of ether oxygens (including phenoxy) is 2. The molecule has 0 N–H and O–H groups in total. The number of carbonyl (C=O) groups excluding carboxylic acids is 2. The third kappa shape index (κ3) is 26.8. The Labute approximate surface area is 136 Å². The Morgan fingerprint density at radius 1 is 1.18 bits per heavy atom. The summed E-state index contributed by atoms with van der Waals surface area (Å²) in [5.41, 5.74) is 2.51. The van der Waals surface area contributed by atoms with Crippen molar-refractivity contribution in [3.8, 4) is 0 Å². The van der Waals surface area contributed by atoms with Gasteiger partial charge in [0.15, 0.2) is 0 Å². The maximum Gasteiger partial charge on any atom is 0.332 e. The van der Waals surface area contributed by atoms with Crippen molar-refractivity contribution in [3.63, 3.8) is 0 Å². The molecule has 0 aliphatic rings. The predicted octanol–water partition coefficient (Wildman–Crippen LogP) is 4.30. The van der Waals surface area contributed by atoms with Gasteiger partial charge in [-0.05, 0) is 13.3 Å². The number of carbonyl (C=O) groups is 2. The minimum atomic E-state index is -0.867. The molecule has 0 bridgehead atoms. The van der Waals surface area contributed by atoms with E-state index in [2.05, 4.69) is 54.6 Å². The molecule has 0 heterocycles. The molecule has 0 aromatic rings. The van der Waals surface area contributed by atoms with Crippen molar-refractivity contribution in [2.75, 3.05) is 13.7 Å². The van der Waals surface area contributed by atoms with Gasteiger partial charge in [0.2, 0.25) is 0 Å². The summed E-state index contributed by atoms with van der Waals surface area (Å²) in [6.07, 6.45) is 3.15. The molecular formula is C17H32O4Si. The molecule has 0 radical (unpaired) electrons. The molecule has 4 nitrogen and oxygen atoms in total. The van der Waals surface area contributed by atoms with Gasteiger partial charge in [-0.1, -0.05) is 46.1 Å². The molecule has 0 rings (SSSR count). The highest BCUT2D eigenvalue weighted by molar-refractivity contribution is 6.80. The van der Waals surface area contributed by atoms with Crippen LogP contribution >= 0.6 is 0 Å². The molecule has 0 fully saturated rings. The van der Waals surface area contributed by atoms with Crippen LogP contribution in [-0.4, -0.2) is 33.7 Å². The van der Waals surface area contributed by atoms with E-state index in [4.69, 9.17) is 0 Å². The summed E-state index contributed by atoms with van der Waals surface area (Å²) in [4.78, 5) is 20.5. The fourth-order valence-corrected chi connectivity index (χ4v) is 0.550. The smallest absolute Gasteiger partial charge is 0.332 e. The normalized spacial score (nSPS) is 9.00. The fraction of sp³-hybridized carbons (Fsp3) is 0.529. The number of unbranched alkanes of at least 4 members (excludes halogenated alkanes) is 1. The third-order valence-corrected chi connectivity index (χ3v) is 3.28. The quantitative estimate of drug-likeness (QED) is 0.316. The minimum absolute atomic E-state index is 0.330. The van der Waals surface area contributed by atoms with E-state index in [9.17, 15) is 9.59 Å². The average molecular weight is 329 g/mol. The van der Waals surface area contributed by atoms with Gasteiger partial charge >= 0.3 is 11.9 Å². The molecule has 0 aliphatic carbocycles. The highest BCUT2D eigenvalue weighted by Crippen LogP contribution is 1.98. The van der Waals surface area contributed by atoms with Crippen molar-refractivity contribution in [3.05, 3.63) is 37.1 Å². The zero-order chi connectivity index (χ0) is 18.2. The Hall–Kier alpha value is -1.62. The first kappa shape index (κ1) is 25.3. The lowest BCUT2D eigenvalue weighted by atomic mass is 10.4. The second-order valence-corrected chi connectivity index (χ2v) is 10.7. The van der Waals surface area contributed by atoms with Gasteiger partial charge in [0.05, 0.1) is 21.8 Å². The highest BCUT2D eigenvalue weighted by atomic mass is 28.3. The summed E-state index contributed by atoms with van der Waals surface area (Å²) in [6.45, 7) is 21.3. The van der Waals surface area contributed by atoms with Crippen molar-refractivity contribution in [1.82, 2.24) is 0 Å². The van der Waals surface area contributed by atoms with Crippen LogP contribution in [0.15, 0.2) is 37.1 Å². The van der Waals surface area contributed by atoms with Crippen LogP contribution in [0.4, 0.5) is 0 Å². The number of hydrogen-bond donors (Lipinski definition) is 0. The minimum Gasteiger partial charge on any atom is -0.466 e. The standard InChI is InChI=1S/C7H12O2.C5H8O2.C5H12Si/c1-3-5-6-9-7(8)4-2;1-4(2)5(6)7-3;1-5-6(2,3)4/h4H,2-3,5-6H2,1H3;1H2,2-3H3;5H,1H2,2-4H3. The van der Waals surface area contributed by atoms with Gasteiger partial charge < -0.3 is 9.47 Å². The molecule has 0 aromatic heterocycles. The first-order chi connectivity index (χ1) is 10.0. The predicted molar refractivity (Wildman–Crippen MR) is 96.4 cm³/mol. The first-order valence-corrected chi connectivity index (χ1v) is 10.8. The van der Waals surface area contributed by atoms with Crippen LogP contribution in [0.1, 0.15) is 26.7 Å². The molecule has 22 heavy (non-hydrogen) atoms. The molecule has 0 amide bonds. The van der Waals surface area contributed by atoms with Crippen molar-refractivity contribution in [1.29, 1.82) is 0 Å². The molecule has 0 aliphatic heterocycles. The Morgan fingerprint density at radius 3 is 1.82 bits per heavy atom. The molecule has 0 unspecified atom stereocenters. The summed E-state index contributed by atoms with van der Waals surface area (Å²) in [5.74, 6) is -0.677. The Kier molecular flexibility index (Phi) is 18.2. The van der Waals surface area contributed by atoms with E-state index in [-0.39, 0.29) is 11.9 Å². The average Bonchev–Trinajstić information content (AvgIpc) is 2.46. The van der Waals surface area contributed by atoms with Gasteiger partial charge in [-0.25, -0.2) is 9.59 Å². The number of rotatable bonds is 6. The molecule has 0 saturated heterocycles. The molecule has 0 aromatic carbocycles. The second kappa shape index (κ2) is 15.8. The van der Waals surface area contributed by atoms with E-state index >= 15 is 0 Å². The molecule has 0 atom stereocenters. The summed E-state index contributed by atoms with van der Waals surface area (Å²) in [5, 5.41) is 0. The summed E-state index contributed by atoms with van der Waals surface area (Å²) in [7, 11) is 0.463. The first-order valence-electron chi connectivity index (χ1n) is 7.22. The Morgan fingerprint density at radius 2 is 1.64 bits per heavy atom. The SMILES string of the molecule is C=C(C)C(=O)OC.C=CC(=O)OCCCC.C=C[Si](C)(C)C. The van der Waals surface area contributed by atoms with Gasteiger partial charge in [0, 0.05) is 11.6 Å². The summed E-state index contributed by atoms with van der Waals surface area (Å²) in [6, 6.07) is 0. The molecule has 0 saturated carbocycles. The second-order valence-electron chi connectivity index (χ2n) is 5.57. The van der Waals surface area contributed by atoms with Crippen molar-refractivity contribution < 1.29 is 19.1 Å². The van der Waals surface area contributed by atoms with E-state index in [0.717, 1.165) is 12.8 Å². The molecule has 0 spiro atoms. The number of hydrogen-bond acceptors (Lipinski definition) is 4. The third-order valence-electron chi connectivity index (χ3n) is 2.06. The topological polar surface area (TPSA) is 52.6 Å². The van der Waals surface area contributed by atoms with Crippen LogP contribution in [0.2, 0.25) is 19.6 Å². The van der Waals surface area contributed by atoms with Gasteiger partial charge in [-0.15, -0.1) is 12.3 Å². The Bertz CT molecular complexity index is 354. The van der Waals surface area contributed by atoms with Crippen LogP contribution in [0.5, 0.6) is 0 Å². The molecular weight excluding hydrogens is 296 g/mol. The lowest BCUT2D eigenvalue weighted by Crippen LogP contribution is -2.14. The molecule has 128 valence electrons. The van der Waals surface area contributed by atoms with Gasteiger partial charge in [0.25, 0.3) is 0 Å². The van der Waals surface area contributed by atoms with Gasteiger partial charge in [-0.2, -0.15) is 0 Å². The Balaban J connectivity index is -0.000000252. The van der Waals surface area contributed by atoms with E-state index < -0.39 is 8.07 Å². The monoisotopic (exact) mass is 328 g/mol. The lowest BCUT2D eigenvalue weighted by molar-refractivity contribution is -0.138. The van der Waals surface area contributed by atoms with E-state index in [0.29, 0.717) is 12.2 Å². The maximum atomic E-state index is 10.3. The van der Waals surface area contributed by atoms with Crippen LogP contribution < -0.4 is 0 Å². The zero-order valence-electron chi connectivity index (χ0n) is 15.0. The van der Waals surface area contributed by atoms with Crippen LogP contribution in [0.25, 0.3) is 0 Å². The van der Waals surface area contributed by atoms with Gasteiger partial charge in [-0.3, -0.25) is 0 Å². The van der Waals surface area contributed by atoms with Crippen LogP contribution in [-0.2, 0) is 19.1 Å². The maximum absolute atomic E-state index is 10.3. The zero-order valence-corrected chi connectivity index (χ0v) is 16.0. The van der Waals surface area contributed by atoms with Crippen molar-refractivity contribution in [2.45, 2.75) is 46.3 Å². The lowest BCUT2D eigenvalue weighted by Gasteiger charge is -2.04. The van der Waals surface area contributed by atoms with Crippen molar-refractivity contribution >= 4 is 20.0 Å². The van der Waals surface area contributed by atoms with E-state index in [1.165, 1.54) is 13.2 Å². The van der Waals surface area contributed by atoms with E-state index in [1.54, 1.807) is 6.92 Å². The highest BCUT2D eigenvalue weighted by Gasteiger charge is 2.03. The summed E-state index contributed by atoms with van der Waals surface area (Å²) >= 11 is 0. The number of methoxy groups -OCH3 is 1. The number of esters is 2.